The Kier molecular flexibility index (Phi) is 5.49. The smallest absolute Gasteiger partial charge is 0.316 e. The fraction of sp³-hybridized carbons (Fsp3) is 0.158. The number of aromatic nitrogens is 2. The Bertz CT molecular complexity index is 1000. The minimum atomic E-state index is -0.454. The van der Waals surface area contributed by atoms with E-state index in [0.717, 1.165) is 16.8 Å². The Morgan fingerprint density at radius 3 is 2.58 bits per heavy atom. The first-order chi connectivity index (χ1) is 12.5. The van der Waals surface area contributed by atoms with Crippen LogP contribution in [-0.2, 0) is 6.54 Å². The highest BCUT2D eigenvalue weighted by Crippen LogP contribution is 2.26. The van der Waals surface area contributed by atoms with Gasteiger partial charge in [0.05, 0.1) is 19.9 Å². The van der Waals surface area contributed by atoms with Crippen LogP contribution in [0.1, 0.15) is 11.1 Å². The number of nitrogens with zero attached hydrogens (tertiary/aromatic N) is 2. The van der Waals surface area contributed by atoms with Crippen LogP contribution in [0, 0.1) is 6.92 Å². The number of anilines is 2. The van der Waals surface area contributed by atoms with Crippen LogP contribution in [0.15, 0.2) is 53.5 Å². The van der Waals surface area contributed by atoms with Crippen molar-refractivity contribution in [2.45, 2.75) is 13.5 Å². The third-order valence-electron chi connectivity index (χ3n) is 4.00. The first-order valence-corrected chi connectivity index (χ1v) is 8.66. The topological polar surface area (TPSA) is 56.1 Å². The van der Waals surface area contributed by atoms with Gasteiger partial charge in [-0.05, 0) is 36.2 Å². The lowest BCUT2D eigenvalue weighted by Crippen LogP contribution is -2.19. The molecule has 2 aromatic carbocycles. The van der Waals surface area contributed by atoms with Gasteiger partial charge in [-0.15, -0.1) is 0 Å². The van der Waals surface area contributed by atoms with Gasteiger partial charge in [0.15, 0.2) is 0 Å². The van der Waals surface area contributed by atoms with Gasteiger partial charge in [0.2, 0.25) is 11.7 Å². The normalized spacial score (nSPS) is 10.6. The number of benzene rings is 2. The van der Waals surface area contributed by atoms with Crippen LogP contribution in [-0.4, -0.2) is 16.7 Å². The third kappa shape index (κ3) is 3.84. The molecule has 0 atom stereocenters. The summed E-state index contributed by atoms with van der Waals surface area (Å²) in [5.41, 5.74) is 2.07. The van der Waals surface area contributed by atoms with Crippen LogP contribution in [0.2, 0.25) is 10.0 Å². The van der Waals surface area contributed by atoms with E-state index in [-0.39, 0.29) is 5.75 Å². The Morgan fingerprint density at radius 1 is 1.12 bits per heavy atom. The summed E-state index contributed by atoms with van der Waals surface area (Å²) in [4.78, 5) is 16.3. The molecule has 7 heteroatoms. The second-order valence-corrected chi connectivity index (χ2v) is 6.51. The number of halogens is 2. The van der Waals surface area contributed by atoms with E-state index in [1.807, 2.05) is 43.3 Å². The molecule has 3 aromatic rings. The molecule has 0 aliphatic carbocycles. The number of nitrogens with one attached hydrogen (secondary N) is 1. The van der Waals surface area contributed by atoms with Gasteiger partial charge >= 0.3 is 5.56 Å². The molecule has 3 rings (SSSR count). The molecule has 0 bridgehead atoms. The van der Waals surface area contributed by atoms with Crippen molar-refractivity contribution in [1.29, 1.82) is 0 Å². The highest BCUT2D eigenvalue weighted by atomic mass is 35.5. The quantitative estimate of drug-likeness (QED) is 0.689. The van der Waals surface area contributed by atoms with Crippen molar-refractivity contribution in [3.8, 4) is 5.75 Å². The Morgan fingerprint density at radius 2 is 1.85 bits per heavy atom. The van der Waals surface area contributed by atoms with Crippen LogP contribution in [0.3, 0.4) is 0 Å². The number of rotatable bonds is 5. The van der Waals surface area contributed by atoms with Crippen molar-refractivity contribution in [1.82, 2.24) is 9.55 Å². The zero-order valence-corrected chi connectivity index (χ0v) is 15.8. The first kappa shape index (κ1) is 18.3. The van der Waals surface area contributed by atoms with Gasteiger partial charge in [-0.2, -0.15) is 4.98 Å². The number of hydrogen-bond acceptors (Lipinski definition) is 4. The summed E-state index contributed by atoms with van der Waals surface area (Å²) < 4.78 is 6.90. The average molecular weight is 390 g/mol. The van der Waals surface area contributed by atoms with E-state index in [1.54, 1.807) is 16.8 Å². The lowest BCUT2D eigenvalue weighted by Gasteiger charge is -2.17. The van der Waals surface area contributed by atoms with Crippen molar-refractivity contribution >= 4 is 34.8 Å². The van der Waals surface area contributed by atoms with E-state index >= 15 is 0 Å². The fourth-order valence-corrected chi connectivity index (χ4v) is 2.88. The van der Waals surface area contributed by atoms with Gasteiger partial charge in [-0.1, -0.05) is 47.5 Å². The van der Waals surface area contributed by atoms with Crippen LogP contribution >= 0.6 is 23.2 Å². The maximum absolute atomic E-state index is 12.1. The van der Waals surface area contributed by atoms with Crippen molar-refractivity contribution < 1.29 is 4.74 Å². The minimum absolute atomic E-state index is 0.158. The number of methoxy groups -OCH3 is 1. The van der Waals surface area contributed by atoms with E-state index in [0.29, 0.717) is 22.5 Å². The molecule has 0 unspecified atom stereocenters. The molecule has 0 aliphatic rings. The maximum Gasteiger partial charge on any atom is 0.316 e. The summed E-state index contributed by atoms with van der Waals surface area (Å²) in [5, 5.41) is 4.44. The predicted octanol–water partition coefficient (Wildman–Crippen LogP) is 4.66. The Labute approximate surface area is 161 Å². The molecule has 1 heterocycles. The van der Waals surface area contributed by atoms with Crippen LogP contribution in [0.5, 0.6) is 5.75 Å². The largest absolute Gasteiger partial charge is 0.490 e. The van der Waals surface area contributed by atoms with Crippen molar-refractivity contribution in [3.63, 3.8) is 0 Å². The second-order valence-electron chi connectivity index (χ2n) is 5.69. The molecule has 0 spiro atoms. The lowest BCUT2D eigenvalue weighted by molar-refractivity contribution is 0.402. The molecule has 0 aliphatic heterocycles. The summed E-state index contributed by atoms with van der Waals surface area (Å²) in [6.07, 6.45) is 1.61. The van der Waals surface area contributed by atoms with E-state index in [1.165, 1.54) is 7.11 Å². The van der Waals surface area contributed by atoms with Crippen molar-refractivity contribution in [2.75, 3.05) is 12.4 Å². The molecule has 0 amide bonds. The van der Waals surface area contributed by atoms with Gasteiger partial charge in [0.1, 0.15) is 0 Å². The number of ether oxygens (including phenoxy) is 1. The molecule has 134 valence electrons. The van der Waals surface area contributed by atoms with Gasteiger partial charge in [0, 0.05) is 15.7 Å². The molecule has 0 saturated carbocycles. The van der Waals surface area contributed by atoms with E-state index in [9.17, 15) is 4.79 Å². The molecule has 26 heavy (non-hydrogen) atoms. The molecule has 0 radical (unpaired) electrons. The molecule has 0 saturated heterocycles. The highest BCUT2D eigenvalue weighted by Gasteiger charge is 2.12. The van der Waals surface area contributed by atoms with Crippen LogP contribution in [0.4, 0.5) is 11.6 Å². The van der Waals surface area contributed by atoms with Gasteiger partial charge < -0.3 is 14.6 Å². The molecule has 1 N–H and O–H groups in total. The summed E-state index contributed by atoms with van der Waals surface area (Å²) in [7, 11) is 1.44. The lowest BCUT2D eigenvalue weighted by atomic mass is 10.2. The predicted molar refractivity (Wildman–Crippen MR) is 105 cm³/mol. The zero-order chi connectivity index (χ0) is 18.7. The van der Waals surface area contributed by atoms with Crippen LogP contribution < -0.4 is 15.6 Å². The minimum Gasteiger partial charge on any atom is -0.490 e. The van der Waals surface area contributed by atoms with Crippen molar-refractivity contribution in [2.24, 2.45) is 0 Å². The van der Waals surface area contributed by atoms with Gasteiger partial charge in [0.25, 0.3) is 0 Å². The molecule has 1 aromatic heterocycles. The monoisotopic (exact) mass is 389 g/mol. The van der Waals surface area contributed by atoms with Gasteiger partial charge in [-0.25, -0.2) is 0 Å². The van der Waals surface area contributed by atoms with E-state index in [4.69, 9.17) is 27.9 Å². The van der Waals surface area contributed by atoms with Gasteiger partial charge in [-0.3, -0.25) is 4.79 Å². The number of hydrogen-bond donors (Lipinski definition) is 1. The molecule has 0 fully saturated rings. The van der Waals surface area contributed by atoms with E-state index in [2.05, 4.69) is 10.3 Å². The average Bonchev–Trinajstić information content (AvgIpc) is 2.62. The van der Waals surface area contributed by atoms with E-state index < -0.39 is 5.56 Å². The molecule has 5 nitrogen and oxygen atoms in total. The summed E-state index contributed by atoms with van der Waals surface area (Å²) in [6, 6.07) is 13.0. The summed E-state index contributed by atoms with van der Waals surface area (Å²) >= 11 is 12.5. The maximum atomic E-state index is 12.1. The second kappa shape index (κ2) is 7.81. The SMILES string of the molecule is COc1cn(Cc2ccccc2Cl)c(Nc2cccc(Cl)c2C)nc1=O. The molecular weight excluding hydrogens is 373 g/mol. The summed E-state index contributed by atoms with van der Waals surface area (Å²) in [6.45, 7) is 2.32. The summed E-state index contributed by atoms with van der Waals surface area (Å²) in [5.74, 6) is 0.534. The molecular formula is C19H17Cl2N3O2. The third-order valence-corrected chi connectivity index (χ3v) is 4.77. The Balaban J connectivity index is 2.06. The standard InChI is InChI=1S/C19H17Cl2N3O2/c1-12-14(20)8-5-9-16(12)22-19-23-18(25)17(26-2)11-24(19)10-13-6-3-4-7-15(13)21/h3-9,11H,10H2,1-2H3,(H,22,23,25). The van der Waals surface area contributed by atoms with Crippen LogP contribution in [0.25, 0.3) is 0 Å². The highest BCUT2D eigenvalue weighted by molar-refractivity contribution is 6.31. The first-order valence-electron chi connectivity index (χ1n) is 7.90. The van der Waals surface area contributed by atoms with Crippen molar-refractivity contribution in [3.05, 3.63) is 80.2 Å². The fourth-order valence-electron chi connectivity index (χ4n) is 2.51. The zero-order valence-electron chi connectivity index (χ0n) is 14.3. The Hall–Kier alpha value is -2.50.